The molecule has 1 aliphatic heterocycles. The van der Waals surface area contributed by atoms with Crippen molar-refractivity contribution in [2.75, 3.05) is 41.7 Å². The van der Waals surface area contributed by atoms with Gasteiger partial charge >= 0.3 is 0 Å². The molecule has 7 nitrogen and oxygen atoms in total. The second kappa shape index (κ2) is 9.18. The zero-order chi connectivity index (χ0) is 21.8. The topological polar surface area (TPSA) is 87.4 Å². The van der Waals surface area contributed by atoms with Gasteiger partial charge in [0.25, 0.3) is 5.91 Å². The summed E-state index contributed by atoms with van der Waals surface area (Å²) >= 11 is 5.77. The Kier molecular flexibility index (Phi) is 6.18. The van der Waals surface area contributed by atoms with Crippen LogP contribution in [-0.2, 0) is 6.54 Å². The fourth-order valence-electron chi connectivity index (χ4n) is 3.44. The number of carbonyl (C=O) groups excluding carboxylic acids is 1. The molecule has 1 aliphatic rings. The summed E-state index contributed by atoms with van der Waals surface area (Å²) in [4.78, 5) is 25.5. The van der Waals surface area contributed by atoms with E-state index in [1.807, 2.05) is 18.2 Å². The molecule has 1 amide bonds. The van der Waals surface area contributed by atoms with Crippen molar-refractivity contribution in [3.8, 4) is 0 Å². The minimum atomic E-state index is -0.505. The Morgan fingerprint density at radius 1 is 1.10 bits per heavy atom. The fraction of sp³-hybridized carbons (Fsp3) is 0.227. The molecular weight excluding hydrogens is 419 g/mol. The Morgan fingerprint density at radius 2 is 1.81 bits per heavy atom. The number of amides is 1. The average molecular weight is 441 g/mol. The van der Waals surface area contributed by atoms with Crippen molar-refractivity contribution < 1.29 is 9.18 Å². The first-order chi connectivity index (χ1) is 15.0. The number of aromatic nitrogens is 2. The largest absolute Gasteiger partial charge is 0.383 e. The van der Waals surface area contributed by atoms with Gasteiger partial charge in [-0.15, -0.1) is 0 Å². The normalized spacial score (nSPS) is 13.9. The minimum absolute atomic E-state index is 0.00584. The van der Waals surface area contributed by atoms with Gasteiger partial charge in [-0.3, -0.25) is 4.79 Å². The van der Waals surface area contributed by atoms with Gasteiger partial charge in [0.15, 0.2) is 0 Å². The summed E-state index contributed by atoms with van der Waals surface area (Å²) in [5.74, 6) is -0.287. The van der Waals surface area contributed by atoms with Crippen molar-refractivity contribution in [2.45, 2.75) is 6.54 Å². The van der Waals surface area contributed by atoms with Crippen LogP contribution in [-0.4, -0.2) is 42.1 Å². The summed E-state index contributed by atoms with van der Waals surface area (Å²) in [6, 6.07) is 14.5. The Hall–Kier alpha value is -3.39. The number of anilines is 3. The van der Waals surface area contributed by atoms with Crippen LogP contribution in [0.4, 0.5) is 21.8 Å². The first kappa shape index (κ1) is 20.9. The third-order valence-electron chi connectivity index (χ3n) is 5.17. The average Bonchev–Trinajstić information content (AvgIpc) is 2.80. The number of piperazine rings is 1. The summed E-state index contributed by atoms with van der Waals surface area (Å²) in [5.41, 5.74) is 8.10. The number of hydrogen-bond donors (Lipinski definition) is 2. The lowest BCUT2D eigenvalue weighted by atomic mass is 10.2. The molecule has 0 saturated carbocycles. The molecule has 0 bridgehead atoms. The quantitative estimate of drug-likeness (QED) is 0.634. The number of benzene rings is 2. The van der Waals surface area contributed by atoms with Gasteiger partial charge in [-0.05, 0) is 29.8 Å². The van der Waals surface area contributed by atoms with Crippen LogP contribution in [0.15, 0.2) is 54.7 Å². The van der Waals surface area contributed by atoms with Gasteiger partial charge in [-0.25, -0.2) is 9.37 Å². The van der Waals surface area contributed by atoms with E-state index in [2.05, 4.69) is 37.2 Å². The predicted molar refractivity (Wildman–Crippen MR) is 120 cm³/mol. The maximum atomic E-state index is 13.3. The molecule has 2 aromatic carbocycles. The molecular formula is C22H22ClFN6O. The van der Waals surface area contributed by atoms with Crippen LogP contribution < -0.4 is 20.9 Å². The standard InChI is InChI=1S/C22H22ClFN6O/c23-18-12-15(6-7-19(18)24)13-26-21(31)17-14-27-22(28-20(17)25)30-10-8-29(9-11-30)16-4-2-1-3-5-16/h1-7,12,14H,8-11,13H2,(H,26,31)(H2,25,27,28). The number of nitrogen functional groups attached to an aromatic ring is 1. The van der Waals surface area contributed by atoms with Crippen LogP contribution in [0.25, 0.3) is 0 Å². The lowest BCUT2D eigenvalue weighted by Gasteiger charge is -2.36. The minimum Gasteiger partial charge on any atom is -0.383 e. The van der Waals surface area contributed by atoms with E-state index in [1.54, 1.807) is 6.07 Å². The van der Waals surface area contributed by atoms with E-state index < -0.39 is 11.7 Å². The third-order valence-corrected chi connectivity index (χ3v) is 5.46. The molecule has 31 heavy (non-hydrogen) atoms. The molecule has 0 aliphatic carbocycles. The molecule has 1 aromatic heterocycles. The maximum absolute atomic E-state index is 13.3. The summed E-state index contributed by atoms with van der Waals surface area (Å²) in [6.45, 7) is 3.38. The lowest BCUT2D eigenvalue weighted by Crippen LogP contribution is -2.47. The molecule has 3 N–H and O–H groups in total. The Bertz CT molecular complexity index is 1070. The molecule has 0 radical (unpaired) electrons. The highest BCUT2D eigenvalue weighted by Gasteiger charge is 2.21. The van der Waals surface area contributed by atoms with Gasteiger partial charge in [0.05, 0.1) is 10.6 Å². The molecule has 0 spiro atoms. The zero-order valence-electron chi connectivity index (χ0n) is 16.8. The van der Waals surface area contributed by atoms with Gasteiger partial charge in [0.2, 0.25) is 5.95 Å². The molecule has 9 heteroatoms. The van der Waals surface area contributed by atoms with Crippen LogP contribution >= 0.6 is 11.6 Å². The highest BCUT2D eigenvalue weighted by atomic mass is 35.5. The van der Waals surface area contributed by atoms with Crippen LogP contribution in [0.1, 0.15) is 15.9 Å². The van der Waals surface area contributed by atoms with Gasteiger partial charge in [0, 0.05) is 44.6 Å². The van der Waals surface area contributed by atoms with Crippen LogP contribution in [0.2, 0.25) is 5.02 Å². The molecule has 1 fully saturated rings. The highest BCUT2D eigenvalue weighted by Crippen LogP contribution is 2.20. The van der Waals surface area contributed by atoms with E-state index in [0.717, 1.165) is 26.2 Å². The van der Waals surface area contributed by atoms with E-state index in [4.69, 9.17) is 17.3 Å². The van der Waals surface area contributed by atoms with Gasteiger partial charge in [-0.1, -0.05) is 35.9 Å². The van der Waals surface area contributed by atoms with Crippen LogP contribution in [0.5, 0.6) is 0 Å². The Balaban J connectivity index is 1.36. The molecule has 3 aromatic rings. The van der Waals surface area contributed by atoms with Gasteiger partial charge in [0.1, 0.15) is 11.6 Å². The fourth-order valence-corrected chi connectivity index (χ4v) is 3.65. The number of carbonyl (C=O) groups is 1. The number of nitrogens with one attached hydrogen (secondary N) is 1. The van der Waals surface area contributed by atoms with Crippen molar-refractivity contribution >= 4 is 35.0 Å². The SMILES string of the molecule is Nc1nc(N2CCN(c3ccccc3)CC2)ncc1C(=O)NCc1ccc(F)c(Cl)c1. The Labute approximate surface area is 184 Å². The van der Waals surface area contributed by atoms with E-state index in [1.165, 1.54) is 24.0 Å². The monoisotopic (exact) mass is 440 g/mol. The zero-order valence-corrected chi connectivity index (χ0v) is 17.5. The van der Waals surface area contributed by atoms with E-state index in [9.17, 15) is 9.18 Å². The second-order valence-corrected chi connectivity index (χ2v) is 7.62. The Morgan fingerprint density at radius 3 is 2.48 bits per heavy atom. The number of nitrogens with zero attached hydrogens (tertiary/aromatic N) is 4. The number of hydrogen-bond acceptors (Lipinski definition) is 6. The summed E-state index contributed by atoms with van der Waals surface area (Å²) in [7, 11) is 0. The van der Waals surface area contributed by atoms with Crippen LogP contribution in [0.3, 0.4) is 0 Å². The van der Waals surface area contributed by atoms with E-state index in [-0.39, 0.29) is 22.9 Å². The number of rotatable bonds is 5. The molecule has 2 heterocycles. The number of para-hydroxylation sites is 1. The first-order valence-electron chi connectivity index (χ1n) is 9.91. The molecule has 160 valence electrons. The summed E-state index contributed by atoms with van der Waals surface area (Å²) in [5, 5.41) is 2.73. The van der Waals surface area contributed by atoms with Crippen molar-refractivity contribution in [2.24, 2.45) is 0 Å². The maximum Gasteiger partial charge on any atom is 0.256 e. The lowest BCUT2D eigenvalue weighted by molar-refractivity contribution is 0.0951. The van der Waals surface area contributed by atoms with Crippen molar-refractivity contribution in [1.29, 1.82) is 0 Å². The van der Waals surface area contributed by atoms with Crippen molar-refractivity contribution in [3.05, 3.63) is 76.7 Å². The number of halogens is 2. The van der Waals surface area contributed by atoms with Crippen LogP contribution in [0, 0.1) is 5.82 Å². The van der Waals surface area contributed by atoms with Crippen molar-refractivity contribution in [1.82, 2.24) is 15.3 Å². The molecule has 0 unspecified atom stereocenters. The third kappa shape index (κ3) is 4.86. The highest BCUT2D eigenvalue weighted by molar-refractivity contribution is 6.30. The predicted octanol–water partition coefficient (Wildman–Crippen LogP) is 3.11. The molecule has 1 saturated heterocycles. The van der Waals surface area contributed by atoms with Gasteiger partial charge < -0.3 is 20.9 Å². The number of nitrogens with two attached hydrogens (primary N) is 1. The molecule has 4 rings (SSSR count). The smallest absolute Gasteiger partial charge is 0.256 e. The van der Waals surface area contributed by atoms with E-state index >= 15 is 0 Å². The van der Waals surface area contributed by atoms with Gasteiger partial charge in [-0.2, -0.15) is 4.98 Å². The molecule has 0 atom stereocenters. The van der Waals surface area contributed by atoms with E-state index in [0.29, 0.717) is 11.5 Å². The summed E-state index contributed by atoms with van der Waals surface area (Å²) in [6.07, 6.45) is 1.44. The second-order valence-electron chi connectivity index (χ2n) is 7.21. The van der Waals surface area contributed by atoms with Crippen molar-refractivity contribution in [3.63, 3.8) is 0 Å². The summed E-state index contributed by atoms with van der Waals surface area (Å²) < 4.78 is 13.3. The first-order valence-corrected chi connectivity index (χ1v) is 10.3.